The number of hydrogen-bond donors (Lipinski definition) is 1. The first-order valence-corrected chi connectivity index (χ1v) is 7.71. The normalized spacial score (nSPS) is 18.4. The zero-order chi connectivity index (χ0) is 13.5. The Bertz CT molecular complexity index is 371. The van der Waals surface area contributed by atoms with Gasteiger partial charge in [0.2, 0.25) is 0 Å². The van der Waals surface area contributed by atoms with E-state index < -0.39 is 0 Å². The molecule has 1 aromatic rings. The molecule has 2 heteroatoms. The third kappa shape index (κ3) is 4.32. The van der Waals surface area contributed by atoms with Crippen LogP contribution in [0, 0.1) is 6.92 Å². The van der Waals surface area contributed by atoms with Gasteiger partial charge in [-0.3, -0.25) is 0 Å². The summed E-state index contributed by atoms with van der Waals surface area (Å²) < 4.78 is 6.14. The van der Waals surface area contributed by atoms with Crippen LogP contribution in [-0.4, -0.2) is 19.3 Å². The second-order valence-electron chi connectivity index (χ2n) is 5.56. The molecule has 0 bridgehead atoms. The monoisotopic (exact) mass is 261 g/mol. The van der Waals surface area contributed by atoms with E-state index in [1.165, 1.54) is 43.2 Å². The molecule has 106 valence electrons. The fourth-order valence-corrected chi connectivity index (χ4v) is 2.95. The molecule has 0 heterocycles. The number of aryl methyl sites for hydroxylation is 1. The number of nitrogens with one attached hydrogen (secondary N) is 1. The molecule has 1 saturated carbocycles. The van der Waals surface area contributed by atoms with E-state index in [0.29, 0.717) is 12.1 Å². The first kappa shape index (κ1) is 14.5. The van der Waals surface area contributed by atoms with Crippen molar-refractivity contribution in [1.82, 2.24) is 5.32 Å². The van der Waals surface area contributed by atoms with E-state index in [2.05, 4.69) is 43.4 Å². The molecule has 0 aromatic heterocycles. The van der Waals surface area contributed by atoms with Gasteiger partial charge in [0.25, 0.3) is 0 Å². The van der Waals surface area contributed by atoms with Crippen molar-refractivity contribution in [1.29, 1.82) is 0 Å². The van der Waals surface area contributed by atoms with Crippen molar-refractivity contribution >= 4 is 0 Å². The van der Waals surface area contributed by atoms with Gasteiger partial charge in [0.1, 0.15) is 0 Å². The van der Waals surface area contributed by atoms with Crippen LogP contribution in [0.3, 0.4) is 0 Å². The summed E-state index contributed by atoms with van der Waals surface area (Å²) in [6.45, 7) is 6.11. The summed E-state index contributed by atoms with van der Waals surface area (Å²) in [4.78, 5) is 0. The smallest absolute Gasteiger partial charge is 0.0665 e. The Kier molecular flexibility index (Phi) is 5.87. The van der Waals surface area contributed by atoms with E-state index in [9.17, 15) is 0 Å². The second kappa shape index (κ2) is 7.66. The average molecular weight is 261 g/mol. The third-order valence-corrected chi connectivity index (χ3v) is 4.07. The molecule has 19 heavy (non-hydrogen) atoms. The van der Waals surface area contributed by atoms with Crippen LogP contribution in [0.1, 0.15) is 56.2 Å². The van der Waals surface area contributed by atoms with E-state index in [1.807, 2.05) is 0 Å². The fraction of sp³-hybridized carbons (Fsp3) is 0.647. The van der Waals surface area contributed by atoms with Gasteiger partial charge in [-0.2, -0.15) is 0 Å². The van der Waals surface area contributed by atoms with Crippen molar-refractivity contribution in [3.05, 3.63) is 35.4 Å². The van der Waals surface area contributed by atoms with Crippen molar-refractivity contribution < 1.29 is 4.74 Å². The van der Waals surface area contributed by atoms with Gasteiger partial charge in [-0.1, -0.05) is 50.5 Å². The maximum Gasteiger partial charge on any atom is 0.0665 e. The Balaban J connectivity index is 1.94. The Labute approximate surface area is 117 Å². The second-order valence-corrected chi connectivity index (χ2v) is 5.56. The highest BCUT2D eigenvalue weighted by atomic mass is 16.5. The molecule has 0 aliphatic heterocycles. The molecular formula is C17H27NO. The van der Waals surface area contributed by atoms with Gasteiger partial charge in [0.05, 0.1) is 18.8 Å². The van der Waals surface area contributed by atoms with Gasteiger partial charge in [-0.25, -0.2) is 0 Å². The molecule has 0 spiro atoms. The van der Waals surface area contributed by atoms with Gasteiger partial charge >= 0.3 is 0 Å². The molecule has 1 unspecified atom stereocenters. The van der Waals surface area contributed by atoms with Crippen LogP contribution in [0.25, 0.3) is 0 Å². The summed E-state index contributed by atoms with van der Waals surface area (Å²) in [5, 5.41) is 3.55. The minimum atomic E-state index is 0.327. The molecule has 1 atom stereocenters. The largest absolute Gasteiger partial charge is 0.376 e. The third-order valence-electron chi connectivity index (χ3n) is 4.07. The van der Waals surface area contributed by atoms with Gasteiger partial charge in [0.15, 0.2) is 0 Å². The Morgan fingerprint density at radius 1 is 1.21 bits per heavy atom. The van der Waals surface area contributed by atoms with Crippen molar-refractivity contribution in [2.75, 3.05) is 13.2 Å². The zero-order valence-electron chi connectivity index (χ0n) is 12.3. The lowest BCUT2D eigenvalue weighted by Crippen LogP contribution is -2.29. The molecular weight excluding hydrogens is 234 g/mol. The maximum absolute atomic E-state index is 6.14. The number of benzene rings is 1. The topological polar surface area (TPSA) is 21.3 Å². The summed E-state index contributed by atoms with van der Waals surface area (Å²) in [5.74, 6) is 0. The van der Waals surface area contributed by atoms with Crippen LogP contribution in [0.15, 0.2) is 24.3 Å². The number of rotatable bonds is 6. The van der Waals surface area contributed by atoms with Crippen molar-refractivity contribution in [3.8, 4) is 0 Å². The van der Waals surface area contributed by atoms with Crippen LogP contribution < -0.4 is 5.32 Å². The molecule has 1 aliphatic rings. The standard InChI is InChI=1S/C17H27NO/c1-3-18-17(16-12-8-7-9-14(16)2)13-19-15-10-5-4-6-11-15/h7-9,12,15,17-18H,3-6,10-11,13H2,1-2H3. The average Bonchev–Trinajstić information content (AvgIpc) is 2.45. The quantitative estimate of drug-likeness (QED) is 0.836. The van der Waals surface area contributed by atoms with Gasteiger partial charge in [0, 0.05) is 0 Å². The van der Waals surface area contributed by atoms with Crippen LogP contribution in [-0.2, 0) is 4.74 Å². The van der Waals surface area contributed by atoms with Crippen molar-refractivity contribution in [3.63, 3.8) is 0 Å². The van der Waals surface area contributed by atoms with E-state index in [4.69, 9.17) is 4.74 Å². The summed E-state index contributed by atoms with van der Waals surface area (Å²) in [6.07, 6.45) is 7.02. The molecule has 1 aromatic carbocycles. The summed E-state index contributed by atoms with van der Waals surface area (Å²) >= 11 is 0. The SMILES string of the molecule is CCNC(COC1CCCCC1)c1ccccc1C. The summed E-state index contributed by atoms with van der Waals surface area (Å²) in [5.41, 5.74) is 2.72. The molecule has 1 aliphatic carbocycles. The van der Waals surface area contributed by atoms with E-state index in [1.54, 1.807) is 0 Å². The lowest BCUT2D eigenvalue weighted by molar-refractivity contribution is 0.0157. The maximum atomic E-state index is 6.14. The molecule has 1 fully saturated rings. The Morgan fingerprint density at radius 3 is 2.63 bits per heavy atom. The summed E-state index contributed by atoms with van der Waals surface area (Å²) in [6, 6.07) is 8.94. The highest BCUT2D eigenvalue weighted by Gasteiger charge is 2.18. The van der Waals surface area contributed by atoms with E-state index in [0.717, 1.165) is 13.2 Å². The Morgan fingerprint density at radius 2 is 1.95 bits per heavy atom. The molecule has 2 rings (SSSR count). The van der Waals surface area contributed by atoms with Crippen molar-refractivity contribution in [2.45, 2.75) is 58.1 Å². The Hall–Kier alpha value is -0.860. The molecule has 0 saturated heterocycles. The first-order chi connectivity index (χ1) is 9.31. The highest BCUT2D eigenvalue weighted by molar-refractivity contribution is 5.28. The van der Waals surface area contributed by atoms with Crippen LogP contribution in [0.4, 0.5) is 0 Å². The minimum absolute atomic E-state index is 0.327. The minimum Gasteiger partial charge on any atom is -0.376 e. The van der Waals surface area contributed by atoms with Crippen molar-refractivity contribution in [2.24, 2.45) is 0 Å². The number of likely N-dealkylation sites (N-methyl/N-ethyl adjacent to an activating group) is 1. The van der Waals surface area contributed by atoms with E-state index >= 15 is 0 Å². The molecule has 0 radical (unpaired) electrons. The van der Waals surface area contributed by atoms with Gasteiger partial charge in [-0.15, -0.1) is 0 Å². The molecule has 2 nitrogen and oxygen atoms in total. The molecule has 0 amide bonds. The van der Waals surface area contributed by atoms with Crippen LogP contribution in [0.5, 0.6) is 0 Å². The van der Waals surface area contributed by atoms with Gasteiger partial charge < -0.3 is 10.1 Å². The predicted molar refractivity (Wildman–Crippen MR) is 80.4 cm³/mol. The number of ether oxygens (including phenoxy) is 1. The first-order valence-electron chi connectivity index (χ1n) is 7.71. The lowest BCUT2D eigenvalue weighted by atomic mass is 9.97. The predicted octanol–water partition coefficient (Wildman–Crippen LogP) is 3.99. The van der Waals surface area contributed by atoms with Gasteiger partial charge in [-0.05, 0) is 37.4 Å². The number of hydrogen-bond acceptors (Lipinski definition) is 2. The van der Waals surface area contributed by atoms with Crippen LogP contribution in [0.2, 0.25) is 0 Å². The fourth-order valence-electron chi connectivity index (χ4n) is 2.95. The zero-order valence-corrected chi connectivity index (χ0v) is 12.3. The summed E-state index contributed by atoms with van der Waals surface area (Å²) in [7, 11) is 0. The molecule has 1 N–H and O–H groups in total. The lowest BCUT2D eigenvalue weighted by Gasteiger charge is -2.26. The van der Waals surface area contributed by atoms with E-state index in [-0.39, 0.29) is 0 Å². The highest BCUT2D eigenvalue weighted by Crippen LogP contribution is 2.23. The van der Waals surface area contributed by atoms with Crippen LogP contribution >= 0.6 is 0 Å².